The van der Waals surface area contributed by atoms with Crippen molar-refractivity contribution >= 4 is 43.6 Å². The molecule has 0 N–H and O–H groups in total. The van der Waals surface area contributed by atoms with Crippen molar-refractivity contribution in [3.05, 3.63) is 374 Å². The molecule has 0 spiro atoms. The Morgan fingerprint density at radius 3 is 0.685 bits per heavy atom. The Balaban J connectivity index is 0.916. The van der Waals surface area contributed by atoms with E-state index in [-0.39, 0.29) is 0 Å². The van der Waals surface area contributed by atoms with Crippen LogP contribution in [0.15, 0.2) is 352 Å². The highest BCUT2D eigenvalue weighted by molar-refractivity contribution is 6.14. The van der Waals surface area contributed by atoms with Crippen molar-refractivity contribution in [2.75, 3.05) is 0 Å². The number of benzene rings is 15. The van der Waals surface area contributed by atoms with Gasteiger partial charge in [0.1, 0.15) is 0 Å². The second kappa shape index (κ2) is 27.2. The third kappa shape index (κ3) is 12.0. The summed E-state index contributed by atoms with van der Waals surface area (Å²) in [5.41, 5.74) is 29.0. The quantitative estimate of drug-likeness (QED) is 0.108. The Bertz CT molecular complexity index is 5990. The maximum absolute atomic E-state index is 5.55. The van der Waals surface area contributed by atoms with Gasteiger partial charge in [-0.05, 0) is 150 Å². The van der Waals surface area contributed by atoms with Crippen molar-refractivity contribution in [1.82, 2.24) is 39.0 Å². The molecule has 0 aliphatic rings. The average Bonchev–Trinajstić information content (AvgIpc) is 1.67. The largest absolute Gasteiger partial charge is 0.309 e. The molecular formula is C100H70N8. The highest BCUT2D eigenvalue weighted by Crippen LogP contribution is 2.48. The monoisotopic (exact) mass is 1380 g/mol. The zero-order valence-corrected chi connectivity index (χ0v) is 60.1. The van der Waals surface area contributed by atoms with Crippen LogP contribution >= 0.6 is 0 Å². The van der Waals surface area contributed by atoms with Gasteiger partial charge in [0, 0.05) is 66.1 Å². The van der Waals surface area contributed by atoms with E-state index < -0.39 is 0 Å². The van der Waals surface area contributed by atoms with Gasteiger partial charge in [-0.15, -0.1) is 0 Å². The van der Waals surface area contributed by atoms with Crippen molar-refractivity contribution in [2.24, 2.45) is 0 Å². The minimum atomic E-state index is 0.530. The van der Waals surface area contributed by atoms with Crippen LogP contribution in [-0.4, -0.2) is 39.0 Å². The van der Waals surface area contributed by atoms with E-state index in [2.05, 4.69) is 316 Å². The lowest BCUT2D eigenvalue weighted by molar-refractivity contribution is 1.07. The zero-order chi connectivity index (χ0) is 72.3. The Morgan fingerprint density at radius 2 is 0.407 bits per heavy atom. The molecule has 15 aromatic carbocycles. The summed E-state index contributed by atoms with van der Waals surface area (Å²) in [7, 11) is 0. The first-order valence-electron chi connectivity index (χ1n) is 36.7. The highest BCUT2D eigenvalue weighted by atomic mass is 15.1. The maximum Gasteiger partial charge on any atom is 0.164 e. The molecule has 19 aromatic rings. The minimum absolute atomic E-state index is 0.530. The van der Waals surface area contributed by atoms with Gasteiger partial charge in [-0.3, -0.25) is 0 Å². The lowest BCUT2D eigenvalue weighted by Crippen LogP contribution is -2.05. The summed E-state index contributed by atoms with van der Waals surface area (Å²) in [6.45, 7) is 8.64. The van der Waals surface area contributed by atoms with Gasteiger partial charge in [-0.1, -0.05) is 307 Å². The maximum atomic E-state index is 5.55. The number of rotatable bonds is 14. The second-order valence-corrected chi connectivity index (χ2v) is 28.1. The van der Waals surface area contributed by atoms with Gasteiger partial charge in [0.25, 0.3) is 0 Å². The van der Waals surface area contributed by atoms with E-state index in [9.17, 15) is 0 Å². The van der Waals surface area contributed by atoms with Crippen molar-refractivity contribution in [1.29, 1.82) is 0 Å². The summed E-state index contributed by atoms with van der Waals surface area (Å²) in [6.07, 6.45) is 0. The number of nitrogens with zero attached hydrogens (tertiary/aromatic N) is 8. The van der Waals surface area contributed by atoms with Crippen LogP contribution in [0.1, 0.15) is 22.3 Å². The fourth-order valence-corrected chi connectivity index (χ4v) is 15.7. The van der Waals surface area contributed by atoms with Crippen LogP contribution in [-0.2, 0) is 0 Å². The predicted octanol–water partition coefficient (Wildman–Crippen LogP) is 25.5. The molecule has 0 fully saturated rings. The van der Waals surface area contributed by atoms with Gasteiger partial charge in [0.2, 0.25) is 0 Å². The summed E-state index contributed by atoms with van der Waals surface area (Å²) in [6, 6.07) is 126. The molecule has 0 atom stereocenters. The molecule has 8 nitrogen and oxygen atoms in total. The van der Waals surface area contributed by atoms with Crippen molar-refractivity contribution in [3.63, 3.8) is 0 Å². The number of aromatic nitrogens is 8. The normalized spacial score (nSPS) is 11.5. The summed E-state index contributed by atoms with van der Waals surface area (Å²) in [5.74, 6) is 3.33. The van der Waals surface area contributed by atoms with Gasteiger partial charge in [0.15, 0.2) is 34.9 Å². The number of hydrogen-bond donors (Lipinski definition) is 0. The third-order valence-electron chi connectivity index (χ3n) is 20.8. The van der Waals surface area contributed by atoms with E-state index in [1.54, 1.807) is 0 Å². The van der Waals surface area contributed by atoms with Crippen molar-refractivity contribution < 1.29 is 0 Å². The standard InChI is InChI=1S/C100H70N8/c1-63-24-17-36-71(54-63)75-46-50-87-83(59-75)84-60-76(72-37-18-25-64(2)55-72)47-51-88(84)107(87)91-44-22-42-81(99-103-95(67-28-9-5-10-29-67)101-96(104-99)68-30-11-6-12-31-68)93(91)79-40-21-41-80(58-79)94-82(100-105-97(69-32-13-7-14-33-69)102-98(106-100)70-34-15-8-16-35-70)43-23-45-92(94)108-89-52-48-77(73-38-19-26-65(3)56-73)61-85(89)86-62-78(49-53-90(86)108)74-39-20-27-66(4)57-74/h5-62H,1-4H3. The van der Waals surface area contributed by atoms with Crippen molar-refractivity contribution in [3.8, 4) is 146 Å². The molecule has 0 aliphatic carbocycles. The second-order valence-electron chi connectivity index (χ2n) is 28.1. The van der Waals surface area contributed by atoms with Gasteiger partial charge in [-0.25, -0.2) is 29.9 Å². The Hall–Kier alpha value is -14.1. The molecule has 0 unspecified atom stereocenters. The van der Waals surface area contributed by atoms with Gasteiger partial charge >= 0.3 is 0 Å². The SMILES string of the molecule is Cc1cccc(-c2ccc3c(c2)c2cc(-c4cccc(C)c4)ccc2n3-c2cccc(-c3nc(-c4ccccc4)nc(-c4ccccc4)n3)c2-c2cccc(-c3c(-c4nc(-c5ccccc5)nc(-c5ccccc5)n4)cccc3-n3c4ccc(-c5cccc(C)c5)cc4c4cc(-c5cccc(C)c5)ccc43)c2)c1. The number of hydrogen-bond acceptors (Lipinski definition) is 6. The Labute approximate surface area is 627 Å². The summed E-state index contributed by atoms with van der Waals surface area (Å²) >= 11 is 0. The van der Waals surface area contributed by atoms with Crippen LogP contribution in [0.25, 0.3) is 190 Å². The molecule has 8 heteroatoms. The van der Waals surface area contributed by atoms with Gasteiger partial charge in [0.05, 0.1) is 33.4 Å². The summed E-state index contributed by atoms with van der Waals surface area (Å²) < 4.78 is 4.92. The van der Waals surface area contributed by atoms with Crippen LogP contribution in [0, 0.1) is 27.7 Å². The van der Waals surface area contributed by atoms with E-state index in [0.717, 1.165) is 155 Å². The molecule has 0 bridgehead atoms. The van der Waals surface area contributed by atoms with Crippen LogP contribution < -0.4 is 0 Å². The summed E-state index contributed by atoms with van der Waals surface area (Å²) in [5, 5.41) is 4.52. The zero-order valence-electron chi connectivity index (χ0n) is 60.1. The number of aryl methyl sites for hydroxylation is 4. The van der Waals surface area contributed by atoms with Crippen molar-refractivity contribution in [2.45, 2.75) is 27.7 Å². The van der Waals surface area contributed by atoms with Crippen LogP contribution in [0.3, 0.4) is 0 Å². The molecule has 4 heterocycles. The van der Waals surface area contributed by atoms with E-state index in [1.807, 2.05) is 72.8 Å². The van der Waals surface area contributed by atoms with E-state index in [0.29, 0.717) is 34.9 Å². The van der Waals surface area contributed by atoms with Gasteiger partial charge < -0.3 is 9.13 Å². The molecule has 0 amide bonds. The van der Waals surface area contributed by atoms with E-state index in [1.165, 1.54) is 22.3 Å². The first-order chi connectivity index (χ1) is 53.1. The smallest absolute Gasteiger partial charge is 0.164 e. The Morgan fingerprint density at radius 1 is 0.176 bits per heavy atom. The van der Waals surface area contributed by atoms with E-state index >= 15 is 0 Å². The first-order valence-corrected chi connectivity index (χ1v) is 36.7. The Kier molecular flexibility index (Phi) is 16.3. The molecule has 0 saturated heterocycles. The highest BCUT2D eigenvalue weighted by Gasteiger charge is 2.27. The topological polar surface area (TPSA) is 87.2 Å². The fraction of sp³-hybridized carbons (Fsp3) is 0.0400. The molecule has 0 aliphatic heterocycles. The molecule has 0 saturated carbocycles. The fourth-order valence-electron chi connectivity index (χ4n) is 15.7. The van der Waals surface area contributed by atoms with Gasteiger partial charge in [-0.2, -0.15) is 0 Å². The van der Waals surface area contributed by atoms with Crippen LogP contribution in [0.4, 0.5) is 0 Å². The number of fused-ring (bicyclic) bond motifs is 6. The first kappa shape index (κ1) is 64.7. The average molecular weight is 1380 g/mol. The summed E-state index contributed by atoms with van der Waals surface area (Å²) in [4.78, 5) is 32.7. The molecular weight excluding hydrogens is 1310 g/mol. The van der Waals surface area contributed by atoms with Crippen LogP contribution in [0.5, 0.6) is 0 Å². The molecule has 108 heavy (non-hydrogen) atoms. The molecule has 4 aromatic heterocycles. The van der Waals surface area contributed by atoms with Crippen LogP contribution in [0.2, 0.25) is 0 Å². The third-order valence-corrected chi connectivity index (χ3v) is 20.8. The lowest BCUT2D eigenvalue weighted by Gasteiger charge is -2.21. The predicted molar refractivity (Wildman–Crippen MR) is 446 cm³/mol. The molecule has 510 valence electrons. The molecule has 0 radical (unpaired) electrons. The lowest BCUT2D eigenvalue weighted by atomic mass is 9.91. The minimum Gasteiger partial charge on any atom is -0.309 e. The van der Waals surface area contributed by atoms with E-state index in [4.69, 9.17) is 29.9 Å². The molecule has 19 rings (SSSR count).